The summed E-state index contributed by atoms with van der Waals surface area (Å²) in [4.78, 5) is 0. The molecular weight excluding hydrogens is 310 g/mol. The van der Waals surface area contributed by atoms with Crippen molar-refractivity contribution >= 4 is 33.1 Å². The SMILES string of the molecule is CC(CO)C(O)NCc1c2ccccc2cc2cc(Cl)ccc12. The Balaban J connectivity index is 2.07. The van der Waals surface area contributed by atoms with Gasteiger partial charge >= 0.3 is 0 Å². The maximum absolute atomic E-state index is 10.1. The highest BCUT2D eigenvalue weighted by atomic mass is 35.5. The number of nitrogens with one attached hydrogen (secondary N) is 1. The van der Waals surface area contributed by atoms with Gasteiger partial charge in [0, 0.05) is 24.1 Å². The van der Waals surface area contributed by atoms with Gasteiger partial charge in [0.25, 0.3) is 0 Å². The Morgan fingerprint density at radius 3 is 2.57 bits per heavy atom. The smallest absolute Gasteiger partial charge is 0.109 e. The molecule has 0 aliphatic heterocycles. The molecule has 0 amide bonds. The molecule has 0 aliphatic rings. The molecule has 0 spiro atoms. The molecule has 4 heteroatoms. The number of fused-ring (bicyclic) bond motifs is 2. The Morgan fingerprint density at radius 2 is 1.78 bits per heavy atom. The molecule has 120 valence electrons. The van der Waals surface area contributed by atoms with Crippen LogP contribution >= 0.6 is 11.6 Å². The van der Waals surface area contributed by atoms with Crippen molar-refractivity contribution in [1.29, 1.82) is 0 Å². The van der Waals surface area contributed by atoms with Gasteiger partial charge in [-0.2, -0.15) is 0 Å². The predicted molar refractivity (Wildman–Crippen MR) is 95.6 cm³/mol. The monoisotopic (exact) mass is 329 g/mol. The Labute approximate surface area is 140 Å². The summed E-state index contributed by atoms with van der Waals surface area (Å²) in [7, 11) is 0. The van der Waals surface area contributed by atoms with E-state index < -0.39 is 6.23 Å². The maximum Gasteiger partial charge on any atom is 0.109 e. The van der Waals surface area contributed by atoms with E-state index in [1.54, 1.807) is 6.92 Å². The molecule has 0 aromatic heterocycles. The Morgan fingerprint density at radius 1 is 1.04 bits per heavy atom. The van der Waals surface area contributed by atoms with Crippen LogP contribution in [0.25, 0.3) is 21.5 Å². The highest BCUT2D eigenvalue weighted by molar-refractivity contribution is 6.31. The molecule has 0 radical (unpaired) electrons. The number of hydrogen-bond acceptors (Lipinski definition) is 3. The molecule has 3 aromatic rings. The van der Waals surface area contributed by atoms with Crippen molar-refractivity contribution in [3.63, 3.8) is 0 Å². The zero-order valence-electron chi connectivity index (χ0n) is 13.0. The van der Waals surface area contributed by atoms with E-state index in [9.17, 15) is 5.11 Å². The van der Waals surface area contributed by atoms with Gasteiger partial charge in [-0.1, -0.05) is 48.9 Å². The predicted octanol–water partition coefficient (Wildman–Crippen LogP) is 3.68. The normalized spacial score (nSPS) is 14.3. The lowest BCUT2D eigenvalue weighted by atomic mass is 9.96. The average molecular weight is 330 g/mol. The Kier molecular flexibility index (Phi) is 4.83. The van der Waals surface area contributed by atoms with Crippen LogP contribution in [0.1, 0.15) is 12.5 Å². The zero-order chi connectivity index (χ0) is 16.4. The van der Waals surface area contributed by atoms with E-state index in [2.05, 4.69) is 23.5 Å². The topological polar surface area (TPSA) is 52.5 Å². The summed E-state index contributed by atoms with van der Waals surface area (Å²) in [5.41, 5.74) is 1.12. The number of rotatable bonds is 5. The van der Waals surface area contributed by atoms with Gasteiger partial charge in [0.1, 0.15) is 6.23 Å². The highest BCUT2D eigenvalue weighted by Gasteiger charge is 2.14. The summed E-state index contributed by atoms with van der Waals surface area (Å²) in [6.45, 7) is 2.27. The van der Waals surface area contributed by atoms with Crippen LogP contribution in [0.2, 0.25) is 5.02 Å². The van der Waals surface area contributed by atoms with E-state index in [4.69, 9.17) is 16.7 Å². The van der Waals surface area contributed by atoms with Gasteiger partial charge in [0.2, 0.25) is 0 Å². The van der Waals surface area contributed by atoms with Gasteiger partial charge < -0.3 is 10.2 Å². The lowest BCUT2D eigenvalue weighted by molar-refractivity contribution is 0.0496. The minimum atomic E-state index is -0.749. The highest BCUT2D eigenvalue weighted by Crippen LogP contribution is 2.30. The molecule has 23 heavy (non-hydrogen) atoms. The number of aliphatic hydroxyl groups is 2. The molecule has 0 bridgehead atoms. The zero-order valence-corrected chi connectivity index (χ0v) is 13.7. The van der Waals surface area contributed by atoms with Crippen molar-refractivity contribution in [3.8, 4) is 0 Å². The Hall–Kier alpha value is -1.65. The fourth-order valence-electron chi connectivity index (χ4n) is 2.84. The van der Waals surface area contributed by atoms with Gasteiger partial charge in [-0.05, 0) is 45.3 Å². The van der Waals surface area contributed by atoms with Crippen molar-refractivity contribution in [3.05, 3.63) is 59.1 Å². The van der Waals surface area contributed by atoms with Crippen LogP contribution in [0.4, 0.5) is 0 Å². The number of halogens is 1. The van der Waals surface area contributed by atoms with Crippen molar-refractivity contribution in [2.24, 2.45) is 5.92 Å². The first-order valence-corrected chi connectivity index (χ1v) is 8.10. The second-order valence-corrected chi connectivity index (χ2v) is 6.36. The molecular formula is C19H20ClNO2. The second-order valence-electron chi connectivity index (χ2n) is 5.93. The van der Waals surface area contributed by atoms with E-state index in [0.29, 0.717) is 11.6 Å². The minimum Gasteiger partial charge on any atom is -0.396 e. The first kappa shape index (κ1) is 16.2. The number of hydrogen-bond donors (Lipinski definition) is 3. The quantitative estimate of drug-likeness (QED) is 0.494. The molecule has 2 unspecified atom stereocenters. The Bertz CT molecular complexity index is 834. The third-order valence-corrected chi connectivity index (χ3v) is 4.49. The average Bonchev–Trinajstić information content (AvgIpc) is 2.57. The third-order valence-electron chi connectivity index (χ3n) is 4.25. The standard InChI is InChI=1S/C19H20ClNO2/c1-12(11-22)19(23)21-10-18-16-5-3-2-4-13(16)8-14-9-15(20)6-7-17(14)18/h2-9,12,19,21-23H,10-11H2,1H3. The van der Waals surface area contributed by atoms with Crippen LogP contribution in [0.15, 0.2) is 48.5 Å². The van der Waals surface area contributed by atoms with Crippen molar-refractivity contribution < 1.29 is 10.2 Å². The van der Waals surface area contributed by atoms with Crippen LogP contribution in [0.5, 0.6) is 0 Å². The van der Waals surface area contributed by atoms with Crippen LogP contribution in [-0.4, -0.2) is 23.0 Å². The molecule has 0 saturated carbocycles. The van der Waals surface area contributed by atoms with Crippen LogP contribution in [0, 0.1) is 5.92 Å². The first-order chi connectivity index (χ1) is 11.1. The lowest BCUT2D eigenvalue weighted by Gasteiger charge is -2.20. The lowest BCUT2D eigenvalue weighted by Crippen LogP contribution is -2.35. The first-order valence-electron chi connectivity index (χ1n) is 7.72. The summed E-state index contributed by atoms with van der Waals surface area (Å²) in [5.74, 6) is -0.217. The summed E-state index contributed by atoms with van der Waals surface area (Å²) >= 11 is 6.13. The summed E-state index contributed by atoms with van der Waals surface area (Å²) in [5, 5.41) is 27.5. The largest absolute Gasteiger partial charge is 0.396 e. The molecule has 3 aromatic carbocycles. The van der Waals surface area contributed by atoms with Gasteiger partial charge in [-0.25, -0.2) is 0 Å². The molecule has 0 fully saturated rings. The number of aliphatic hydroxyl groups excluding tert-OH is 2. The van der Waals surface area contributed by atoms with E-state index in [-0.39, 0.29) is 12.5 Å². The van der Waals surface area contributed by atoms with Crippen LogP contribution in [0.3, 0.4) is 0 Å². The van der Waals surface area contributed by atoms with Crippen LogP contribution in [-0.2, 0) is 6.54 Å². The molecule has 3 rings (SSSR count). The van der Waals surface area contributed by atoms with Gasteiger partial charge in [0.15, 0.2) is 0 Å². The van der Waals surface area contributed by atoms with E-state index in [1.165, 1.54) is 0 Å². The maximum atomic E-state index is 10.1. The molecule has 0 heterocycles. The van der Waals surface area contributed by atoms with Crippen molar-refractivity contribution in [2.45, 2.75) is 19.7 Å². The van der Waals surface area contributed by atoms with Gasteiger partial charge in [-0.3, -0.25) is 5.32 Å². The van der Waals surface area contributed by atoms with Crippen LogP contribution < -0.4 is 5.32 Å². The minimum absolute atomic E-state index is 0.0555. The third kappa shape index (κ3) is 3.33. The van der Waals surface area contributed by atoms with Crippen molar-refractivity contribution in [2.75, 3.05) is 6.61 Å². The summed E-state index contributed by atoms with van der Waals surface area (Å²) < 4.78 is 0. The molecule has 3 N–H and O–H groups in total. The van der Waals surface area contributed by atoms with Gasteiger partial charge in [-0.15, -0.1) is 0 Å². The number of benzene rings is 3. The summed E-state index contributed by atoms with van der Waals surface area (Å²) in [6, 6.07) is 16.2. The van der Waals surface area contributed by atoms with E-state index in [0.717, 1.165) is 27.1 Å². The summed E-state index contributed by atoms with van der Waals surface area (Å²) in [6.07, 6.45) is -0.749. The molecule has 0 saturated heterocycles. The fourth-order valence-corrected chi connectivity index (χ4v) is 3.02. The molecule has 2 atom stereocenters. The molecule has 0 aliphatic carbocycles. The van der Waals surface area contributed by atoms with E-state index >= 15 is 0 Å². The van der Waals surface area contributed by atoms with E-state index in [1.807, 2.05) is 30.3 Å². The fraction of sp³-hybridized carbons (Fsp3) is 0.263. The second kappa shape index (κ2) is 6.85. The van der Waals surface area contributed by atoms with Crippen molar-refractivity contribution in [1.82, 2.24) is 5.32 Å². The molecule has 3 nitrogen and oxygen atoms in total. The van der Waals surface area contributed by atoms with Gasteiger partial charge in [0.05, 0.1) is 0 Å².